The van der Waals surface area contributed by atoms with Crippen LogP contribution in [-0.4, -0.2) is 24.9 Å². The second kappa shape index (κ2) is 7.03. The van der Waals surface area contributed by atoms with Gasteiger partial charge in [0.2, 0.25) is 0 Å². The molecule has 0 aliphatic heterocycles. The molecule has 2 aromatic carbocycles. The molecule has 6 heteroatoms. The molecule has 1 amide bonds. The Hall–Kier alpha value is -2.37. The van der Waals surface area contributed by atoms with Crippen LogP contribution in [0, 0.1) is 5.82 Å². The number of rotatable bonds is 4. The average Bonchev–Trinajstić information content (AvgIpc) is 2.90. The molecule has 0 radical (unpaired) electrons. The molecule has 0 bridgehead atoms. The quantitative estimate of drug-likeness (QED) is 0.779. The summed E-state index contributed by atoms with van der Waals surface area (Å²) in [6.07, 6.45) is 0. The lowest BCUT2D eigenvalue weighted by atomic mass is 10.1. The number of nitrogens with zero attached hydrogens (tertiary/aromatic N) is 1. The Morgan fingerprint density at radius 3 is 2.42 bits per heavy atom. The van der Waals surface area contributed by atoms with Crippen LogP contribution in [0.25, 0.3) is 22.3 Å². The van der Waals surface area contributed by atoms with Crippen LogP contribution in [0.4, 0.5) is 4.39 Å². The Kier molecular flexibility index (Phi) is 5.26. The number of amides is 1. The van der Waals surface area contributed by atoms with Gasteiger partial charge in [-0.3, -0.25) is 4.79 Å². The van der Waals surface area contributed by atoms with Gasteiger partial charge in [-0.25, -0.2) is 4.39 Å². The van der Waals surface area contributed by atoms with Gasteiger partial charge in [0.1, 0.15) is 17.2 Å². The van der Waals surface area contributed by atoms with Crippen molar-refractivity contribution in [3.63, 3.8) is 0 Å². The first-order chi connectivity index (χ1) is 10.9. The number of hydrogen-bond acceptors (Lipinski definition) is 3. The van der Waals surface area contributed by atoms with Crippen molar-refractivity contribution >= 4 is 29.3 Å². The molecule has 3 rings (SSSR count). The van der Waals surface area contributed by atoms with Crippen molar-refractivity contribution in [3.05, 3.63) is 59.4 Å². The van der Waals surface area contributed by atoms with Crippen LogP contribution in [0.5, 0.6) is 0 Å². The molecule has 126 valence electrons. The third-order valence-electron chi connectivity index (χ3n) is 3.58. The first-order valence-corrected chi connectivity index (χ1v) is 7.21. The number of furan rings is 1. The Labute approximate surface area is 145 Å². The molecule has 0 saturated heterocycles. The molecule has 1 heterocycles. The summed E-state index contributed by atoms with van der Waals surface area (Å²) in [4.78, 5) is 13.5. The molecule has 0 atom stereocenters. The zero-order valence-corrected chi connectivity index (χ0v) is 14.2. The van der Waals surface area contributed by atoms with Crippen molar-refractivity contribution in [2.45, 2.75) is 6.54 Å². The van der Waals surface area contributed by atoms with E-state index in [9.17, 15) is 9.18 Å². The molecule has 0 aliphatic carbocycles. The third kappa shape index (κ3) is 3.58. The van der Waals surface area contributed by atoms with E-state index in [1.165, 1.54) is 11.6 Å². The van der Waals surface area contributed by atoms with Gasteiger partial charge in [-0.1, -0.05) is 24.3 Å². The van der Waals surface area contributed by atoms with Crippen LogP contribution in [-0.2, 0) is 6.54 Å². The van der Waals surface area contributed by atoms with Crippen molar-refractivity contribution in [2.24, 2.45) is 5.73 Å². The van der Waals surface area contributed by atoms with Gasteiger partial charge in [-0.15, -0.1) is 12.4 Å². The fourth-order valence-electron chi connectivity index (χ4n) is 2.58. The van der Waals surface area contributed by atoms with Crippen LogP contribution in [0.15, 0.2) is 46.9 Å². The molecule has 3 aromatic rings. The predicted octanol–water partition coefficient (Wildman–Crippen LogP) is 3.82. The fraction of sp³-hybridized carbons (Fsp3) is 0.167. The van der Waals surface area contributed by atoms with E-state index in [1.54, 1.807) is 6.07 Å². The molecule has 0 spiro atoms. The minimum absolute atomic E-state index is 0. The zero-order valence-electron chi connectivity index (χ0n) is 13.4. The molecule has 1 aromatic heterocycles. The van der Waals surface area contributed by atoms with Crippen molar-refractivity contribution < 1.29 is 13.6 Å². The summed E-state index contributed by atoms with van der Waals surface area (Å²) in [5, 5.41) is 0.520. The maximum atomic E-state index is 13.6. The summed E-state index contributed by atoms with van der Waals surface area (Å²) in [5.41, 5.74) is 7.70. The number of fused-ring (bicyclic) bond motifs is 1. The number of halogens is 2. The van der Waals surface area contributed by atoms with Gasteiger partial charge in [0.15, 0.2) is 0 Å². The number of benzene rings is 2. The first kappa shape index (κ1) is 18.0. The van der Waals surface area contributed by atoms with Gasteiger partial charge in [0.25, 0.3) is 5.91 Å². The van der Waals surface area contributed by atoms with E-state index in [2.05, 4.69) is 4.90 Å². The summed E-state index contributed by atoms with van der Waals surface area (Å²) < 4.78 is 19.3. The number of hydrogen-bond donors (Lipinski definition) is 1. The summed E-state index contributed by atoms with van der Waals surface area (Å²) in [6, 6.07) is 12.0. The van der Waals surface area contributed by atoms with Gasteiger partial charge in [0.05, 0.1) is 5.56 Å². The Morgan fingerprint density at radius 2 is 1.83 bits per heavy atom. The topological polar surface area (TPSA) is 59.5 Å². The maximum absolute atomic E-state index is 13.6. The predicted molar refractivity (Wildman–Crippen MR) is 94.8 cm³/mol. The van der Waals surface area contributed by atoms with Gasteiger partial charge in [0, 0.05) is 17.5 Å². The van der Waals surface area contributed by atoms with E-state index in [1.807, 2.05) is 38.4 Å². The molecular formula is C18H18ClFN2O2. The molecule has 0 unspecified atom stereocenters. The van der Waals surface area contributed by atoms with Gasteiger partial charge >= 0.3 is 0 Å². The number of carbonyl (C=O) groups is 1. The highest BCUT2D eigenvalue weighted by atomic mass is 35.5. The summed E-state index contributed by atoms with van der Waals surface area (Å²) in [5.74, 6) is -0.652. The van der Waals surface area contributed by atoms with E-state index >= 15 is 0 Å². The van der Waals surface area contributed by atoms with E-state index in [4.69, 9.17) is 10.2 Å². The SMILES string of the molecule is CN(C)Cc1ccc(-c2cc3cc(F)cc(C(N)=O)c3o2)cc1.Cl. The normalized spacial score (nSPS) is 10.8. The lowest BCUT2D eigenvalue weighted by Crippen LogP contribution is -2.11. The highest BCUT2D eigenvalue weighted by Crippen LogP contribution is 2.30. The van der Waals surface area contributed by atoms with Crippen molar-refractivity contribution in [2.75, 3.05) is 14.1 Å². The highest BCUT2D eigenvalue weighted by Gasteiger charge is 2.15. The van der Waals surface area contributed by atoms with Crippen molar-refractivity contribution in [1.82, 2.24) is 4.90 Å². The van der Waals surface area contributed by atoms with E-state index in [-0.39, 0.29) is 18.0 Å². The van der Waals surface area contributed by atoms with Crippen LogP contribution in [0.2, 0.25) is 0 Å². The number of carbonyl (C=O) groups excluding carboxylic acids is 1. The molecule has 0 fully saturated rings. The van der Waals surface area contributed by atoms with E-state index < -0.39 is 11.7 Å². The maximum Gasteiger partial charge on any atom is 0.252 e. The molecular weight excluding hydrogens is 331 g/mol. The molecule has 24 heavy (non-hydrogen) atoms. The zero-order chi connectivity index (χ0) is 16.6. The monoisotopic (exact) mass is 348 g/mol. The minimum atomic E-state index is -0.711. The van der Waals surface area contributed by atoms with Crippen molar-refractivity contribution in [3.8, 4) is 11.3 Å². The first-order valence-electron chi connectivity index (χ1n) is 7.21. The van der Waals surface area contributed by atoms with Crippen LogP contribution in [0.1, 0.15) is 15.9 Å². The standard InChI is InChI=1S/C18H17FN2O2.ClH/c1-21(2)10-11-3-5-12(6-4-11)16-8-13-7-14(19)9-15(18(20)22)17(13)23-16;/h3-9H,10H2,1-2H3,(H2,20,22);1H. The molecule has 0 aliphatic rings. The largest absolute Gasteiger partial charge is 0.455 e. The van der Waals surface area contributed by atoms with Gasteiger partial charge < -0.3 is 15.1 Å². The Balaban J connectivity index is 0.00000208. The van der Waals surface area contributed by atoms with Gasteiger partial charge in [-0.2, -0.15) is 0 Å². The summed E-state index contributed by atoms with van der Waals surface area (Å²) >= 11 is 0. The lowest BCUT2D eigenvalue weighted by molar-refractivity contribution is 0.100. The summed E-state index contributed by atoms with van der Waals surface area (Å²) in [7, 11) is 4.01. The molecule has 2 N–H and O–H groups in total. The van der Waals surface area contributed by atoms with E-state index in [0.29, 0.717) is 16.7 Å². The number of nitrogens with two attached hydrogens (primary N) is 1. The Bertz CT molecular complexity index is 873. The summed E-state index contributed by atoms with van der Waals surface area (Å²) in [6.45, 7) is 0.845. The van der Waals surface area contributed by atoms with Crippen LogP contribution < -0.4 is 5.73 Å². The Morgan fingerprint density at radius 1 is 1.17 bits per heavy atom. The van der Waals surface area contributed by atoms with Crippen LogP contribution >= 0.6 is 12.4 Å². The molecule has 4 nitrogen and oxygen atoms in total. The van der Waals surface area contributed by atoms with Crippen LogP contribution in [0.3, 0.4) is 0 Å². The minimum Gasteiger partial charge on any atom is -0.455 e. The van der Waals surface area contributed by atoms with E-state index in [0.717, 1.165) is 18.2 Å². The number of primary amides is 1. The smallest absolute Gasteiger partial charge is 0.252 e. The second-order valence-corrected chi connectivity index (χ2v) is 5.78. The van der Waals surface area contributed by atoms with Crippen molar-refractivity contribution in [1.29, 1.82) is 0 Å². The van der Waals surface area contributed by atoms with Gasteiger partial charge in [-0.05, 0) is 37.9 Å². The molecule has 0 saturated carbocycles. The lowest BCUT2D eigenvalue weighted by Gasteiger charge is -2.09. The average molecular weight is 349 g/mol. The highest BCUT2D eigenvalue weighted by molar-refractivity contribution is 6.04. The second-order valence-electron chi connectivity index (χ2n) is 5.78. The fourth-order valence-corrected chi connectivity index (χ4v) is 2.58. The third-order valence-corrected chi connectivity index (χ3v) is 3.58.